The van der Waals surface area contributed by atoms with Gasteiger partial charge < -0.3 is 10.0 Å². The van der Waals surface area contributed by atoms with E-state index in [0.29, 0.717) is 10.0 Å². The van der Waals surface area contributed by atoms with Crippen molar-refractivity contribution < 1.29 is 23.1 Å². The van der Waals surface area contributed by atoms with Crippen LogP contribution in [0.3, 0.4) is 0 Å². The van der Waals surface area contributed by atoms with E-state index in [9.17, 15) is 23.1 Å². The maximum Gasteiger partial charge on any atom is 0.304 e. The summed E-state index contributed by atoms with van der Waals surface area (Å²) >= 11 is 12.6. The molecule has 42 heavy (non-hydrogen) atoms. The second-order valence-corrected chi connectivity index (χ2v) is 13.5. The number of carboxylic acids is 1. The predicted molar refractivity (Wildman–Crippen MR) is 161 cm³/mol. The van der Waals surface area contributed by atoms with E-state index in [1.165, 1.54) is 24.3 Å². The normalized spacial score (nSPS) is 21.5. The molecule has 1 saturated heterocycles. The van der Waals surface area contributed by atoms with Gasteiger partial charge in [-0.15, -0.1) is 0 Å². The first-order valence-corrected chi connectivity index (χ1v) is 15.6. The summed E-state index contributed by atoms with van der Waals surface area (Å²) in [6.07, 6.45) is 0.163. The number of nitrogens with one attached hydrogen (secondary N) is 1. The minimum absolute atomic E-state index is 0.00881. The van der Waals surface area contributed by atoms with Gasteiger partial charge in [0.15, 0.2) is 0 Å². The summed E-state index contributed by atoms with van der Waals surface area (Å²) in [5.41, 5.74) is 0.686. The van der Waals surface area contributed by atoms with E-state index in [0.717, 1.165) is 11.1 Å². The number of likely N-dealkylation sites (tertiary alicyclic amines) is 1. The molecule has 3 aromatic carbocycles. The predicted octanol–water partition coefficient (Wildman–Crippen LogP) is 6.16. The molecule has 1 heterocycles. The number of aliphatic carboxylic acids is 1. The van der Waals surface area contributed by atoms with Crippen molar-refractivity contribution in [2.75, 3.05) is 6.54 Å². The molecule has 0 bridgehead atoms. The molecule has 0 saturated carbocycles. The molecule has 1 amide bonds. The average Bonchev–Trinajstić information content (AvgIpc) is 2.94. The highest BCUT2D eigenvalue weighted by atomic mass is 35.5. The number of carboxylic acid groups (broad SMARTS) is 1. The molecule has 1 aliphatic heterocycles. The first-order valence-electron chi connectivity index (χ1n) is 13.4. The van der Waals surface area contributed by atoms with Crippen LogP contribution in [0.25, 0.3) is 0 Å². The number of amides is 1. The van der Waals surface area contributed by atoms with Crippen LogP contribution in [0.2, 0.25) is 10.0 Å². The number of hydrogen-bond donors (Lipinski definition) is 2. The van der Waals surface area contributed by atoms with Crippen LogP contribution in [0, 0.1) is 16.7 Å². The lowest BCUT2D eigenvalue weighted by Gasteiger charge is -2.51. The summed E-state index contributed by atoms with van der Waals surface area (Å²) < 4.78 is 28.5. The molecule has 0 unspecified atom stereocenters. The van der Waals surface area contributed by atoms with E-state index in [4.69, 9.17) is 28.5 Å². The lowest BCUT2D eigenvalue weighted by molar-refractivity contribution is -0.160. The molecule has 1 fully saturated rings. The number of carbonyl (C=O) groups excluding carboxylic acids is 1. The van der Waals surface area contributed by atoms with Gasteiger partial charge in [0, 0.05) is 28.5 Å². The van der Waals surface area contributed by atoms with Crippen molar-refractivity contribution in [2.24, 2.45) is 5.41 Å². The Labute approximate surface area is 255 Å². The number of rotatable bonds is 10. The maximum absolute atomic E-state index is 14.2. The minimum Gasteiger partial charge on any atom is -0.481 e. The fourth-order valence-corrected chi connectivity index (χ4v) is 7.14. The summed E-state index contributed by atoms with van der Waals surface area (Å²) in [5, 5.41) is 20.0. The molecule has 220 valence electrons. The van der Waals surface area contributed by atoms with Gasteiger partial charge in [0.25, 0.3) is 0 Å². The number of hydrogen-bond acceptors (Lipinski definition) is 5. The number of nitrogens with zero attached hydrogens (tertiary/aromatic N) is 2. The van der Waals surface area contributed by atoms with Gasteiger partial charge in [-0.1, -0.05) is 60.5 Å². The highest BCUT2D eigenvalue weighted by Gasteiger charge is 2.51. The van der Waals surface area contributed by atoms with Gasteiger partial charge >= 0.3 is 5.97 Å². The zero-order valence-electron chi connectivity index (χ0n) is 23.1. The number of benzene rings is 3. The Morgan fingerprint density at radius 1 is 1.10 bits per heavy atom. The summed E-state index contributed by atoms with van der Waals surface area (Å²) in [5.74, 6) is -1.71. The van der Waals surface area contributed by atoms with Gasteiger partial charge in [0.2, 0.25) is 15.9 Å². The molecule has 4 rings (SSSR count). The summed E-state index contributed by atoms with van der Waals surface area (Å²) in [7, 11) is -3.91. The van der Waals surface area contributed by atoms with Crippen LogP contribution < -0.4 is 4.72 Å². The molecular weight excluding hydrogens is 597 g/mol. The third-order valence-corrected chi connectivity index (χ3v) is 9.68. The maximum atomic E-state index is 14.2. The van der Waals surface area contributed by atoms with Crippen LogP contribution in [0.4, 0.5) is 0 Å². The van der Waals surface area contributed by atoms with Gasteiger partial charge in [-0.25, -0.2) is 13.1 Å². The number of piperidine rings is 1. The van der Waals surface area contributed by atoms with E-state index in [-0.39, 0.29) is 48.1 Å². The summed E-state index contributed by atoms with van der Waals surface area (Å²) in [6, 6.07) is 21.2. The van der Waals surface area contributed by atoms with E-state index >= 15 is 0 Å². The van der Waals surface area contributed by atoms with Crippen molar-refractivity contribution in [1.82, 2.24) is 9.62 Å². The number of halogens is 2. The fourth-order valence-electron chi connectivity index (χ4n) is 5.72. The average molecular weight is 629 g/mol. The Hall–Kier alpha value is -3.42. The van der Waals surface area contributed by atoms with Crippen molar-refractivity contribution in [3.05, 3.63) is 99.5 Å². The van der Waals surface area contributed by atoms with Gasteiger partial charge in [-0.3, -0.25) is 9.59 Å². The molecule has 8 nitrogen and oxygen atoms in total. The molecule has 0 aromatic heterocycles. The monoisotopic (exact) mass is 627 g/mol. The van der Waals surface area contributed by atoms with Crippen molar-refractivity contribution in [2.45, 2.75) is 56.0 Å². The SMILES string of the molecule is C[C@@H](CCNS(=O)(=O)c1cccc(C#N)c1)N1C(=O)[C@@](C)(CC(=O)O)C[C@H](c2cccc(Cl)c2)[C@H]1c1ccc(Cl)cc1. The molecule has 0 spiro atoms. The minimum atomic E-state index is -3.91. The Morgan fingerprint density at radius 3 is 2.43 bits per heavy atom. The quantitative estimate of drug-likeness (QED) is 0.277. The molecule has 3 aromatic rings. The van der Waals surface area contributed by atoms with Gasteiger partial charge in [0.1, 0.15) is 0 Å². The Kier molecular flexibility index (Phi) is 9.63. The van der Waals surface area contributed by atoms with E-state index in [2.05, 4.69) is 4.72 Å². The highest BCUT2D eigenvalue weighted by Crippen LogP contribution is 2.52. The number of carbonyl (C=O) groups is 2. The Bertz CT molecular complexity index is 1620. The standard InChI is InChI=1S/C31H31Cl2N3O5S/c1-20(13-14-35-42(40,41)26-8-3-5-21(15-26)19-34)36-29(22-9-11-24(32)12-10-22)27(23-6-4-7-25(33)16-23)17-31(2,30(36)39)18-28(37)38/h3-12,15-16,20,27,29,35H,13-14,17-18H2,1-2H3,(H,37,38)/t20-,27+,29+,31+/m0/s1. The topological polar surface area (TPSA) is 128 Å². The molecular formula is C31H31Cl2N3O5S. The lowest BCUT2D eigenvalue weighted by atomic mass is 9.67. The van der Waals surface area contributed by atoms with Crippen LogP contribution in [-0.2, 0) is 19.6 Å². The number of nitriles is 1. The second-order valence-electron chi connectivity index (χ2n) is 10.9. The molecule has 4 atom stereocenters. The molecule has 0 radical (unpaired) electrons. The van der Waals surface area contributed by atoms with Crippen molar-refractivity contribution >= 4 is 45.1 Å². The van der Waals surface area contributed by atoms with Crippen LogP contribution in [0.1, 0.15) is 61.8 Å². The first-order chi connectivity index (χ1) is 19.8. The Balaban J connectivity index is 1.71. The van der Waals surface area contributed by atoms with Crippen molar-refractivity contribution in [3.8, 4) is 6.07 Å². The van der Waals surface area contributed by atoms with Gasteiger partial charge in [0.05, 0.1) is 34.4 Å². The summed E-state index contributed by atoms with van der Waals surface area (Å²) in [4.78, 5) is 27.8. The fraction of sp³-hybridized carbons (Fsp3) is 0.323. The zero-order valence-corrected chi connectivity index (χ0v) is 25.5. The molecule has 2 N–H and O–H groups in total. The first kappa shape index (κ1) is 31.5. The van der Waals surface area contributed by atoms with Crippen LogP contribution in [-0.4, -0.2) is 42.9 Å². The van der Waals surface area contributed by atoms with E-state index in [1.54, 1.807) is 30.0 Å². The zero-order chi connectivity index (χ0) is 30.7. The van der Waals surface area contributed by atoms with E-state index in [1.807, 2.05) is 43.3 Å². The van der Waals surface area contributed by atoms with Crippen molar-refractivity contribution in [1.29, 1.82) is 5.26 Å². The van der Waals surface area contributed by atoms with Gasteiger partial charge in [-0.05, 0) is 73.4 Å². The number of sulfonamides is 1. The van der Waals surface area contributed by atoms with Crippen LogP contribution >= 0.6 is 23.2 Å². The molecule has 11 heteroatoms. The Morgan fingerprint density at radius 2 is 1.79 bits per heavy atom. The highest BCUT2D eigenvalue weighted by molar-refractivity contribution is 7.89. The smallest absolute Gasteiger partial charge is 0.304 e. The van der Waals surface area contributed by atoms with Crippen molar-refractivity contribution in [3.63, 3.8) is 0 Å². The van der Waals surface area contributed by atoms with Gasteiger partial charge in [-0.2, -0.15) is 5.26 Å². The summed E-state index contributed by atoms with van der Waals surface area (Å²) in [6.45, 7) is 3.51. The third-order valence-electron chi connectivity index (χ3n) is 7.73. The second kappa shape index (κ2) is 12.8. The van der Waals surface area contributed by atoms with E-state index < -0.39 is 33.5 Å². The molecule has 0 aliphatic carbocycles. The third kappa shape index (κ3) is 6.96. The largest absolute Gasteiger partial charge is 0.481 e. The molecule has 1 aliphatic rings. The lowest BCUT2D eigenvalue weighted by Crippen LogP contribution is -2.55. The van der Waals surface area contributed by atoms with Crippen LogP contribution in [0.15, 0.2) is 77.7 Å². The van der Waals surface area contributed by atoms with Crippen LogP contribution in [0.5, 0.6) is 0 Å².